The summed E-state index contributed by atoms with van der Waals surface area (Å²) in [6, 6.07) is 4.97. The average molecular weight is 323 g/mol. The largest absolute Gasteiger partial charge is 0.493 e. The van der Waals surface area contributed by atoms with Gasteiger partial charge in [0.05, 0.1) is 13.7 Å². The minimum absolute atomic E-state index is 0.00478. The number of rotatable bonds is 7. The lowest BCUT2D eigenvalue weighted by Crippen LogP contribution is -2.43. The van der Waals surface area contributed by atoms with E-state index in [2.05, 4.69) is 5.32 Å². The van der Waals surface area contributed by atoms with Crippen LogP contribution in [0.3, 0.4) is 0 Å². The topological polar surface area (TPSA) is 88.0 Å². The Bertz CT molecular complexity index is 520. The normalized spacial score (nSPS) is 20.8. The molecule has 1 aromatic carbocycles. The van der Waals surface area contributed by atoms with Gasteiger partial charge in [-0.15, -0.1) is 0 Å². The van der Waals surface area contributed by atoms with E-state index >= 15 is 0 Å². The Morgan fingerprint density at radius 3 is 2.74 bits per heavy atom. The Morgan fingerprint density at radius 2 is 2.04 bits per heavy atom. The molecule has 1 aromatic rings. The lowest BCUT2D eigenvalue weighted by molar-refractivity contribution is 0.0872. The number of amides is 1. The molecule has 128 valence electrons. The summed E-state index contributed by atoms with van der Waals surface area (Å²) in [5, 5.41) is 21.3. The molecule has 1 amide bonds. The van der Waals surface area contributed by atoms with E-state index < -0.39 is 0 Å². The van der Waals surface area contributed by atoms with Crippen LogP contribution in [-0.4, -0.2) is 49.1 Å². The van der Waals surface area contributed by atoms with Crippen LogP contribution >= 0.6 is 0 Å². The molecule has 3 N–H and O–H groups in total. The maximum Gasteiger partial charge on any atom is 0.251 e. The van der Waals surface area contributed by atoms with Crippen LogP contribution in [0.2, 0.25) is 0 Å². The van der Waals surface area contributed by atoms with Gasteiger partial charge in [-0.2, -0.15) is 0 Å². The number of ether oxygens (including phenoxy) is 2. The summed E-state index contributed by atoms with van der Waals surface area (Å²) in [5.74, 6) is 0.875. The zero-order valence-electron chi connectivity index (χ0n) is 13.5. The quantitative estimate of drug-likeness (QED) is 0.705. The van der Waals surface area contributed by atoms with Crippen LogP contribution in [0.25, 0.3) is 0 Å². The van der Waals surface area contributed by atoms with E-state index in [9.17, 15) is 9.90 Å². The molecule has 1 aliphatic carbocycles. The first-order valence-electron chi connectivity index (χ1n) is 8.03. The fourth-order valence-electron chi connectivity index (χ4n) is 2.95. The SMILES string of the molecule is COc1ccc(C(=O)NC2CCCCC2CO)cc1OCCO. The molecule has 0 spiro atoms. The van der Waals surface area contributed by atoms with Crippen LogP contribution < -0.4 is 14.8 Å². The molecule has 1 fully saturated rings. The molecule has 0 saturated heterocycles. The predicted octanol–water partition coefficient (Wildman–Crippen LogP) is 1.35. The van der Waals surface area contributed by atoms with E-state index in [1.165, 1.54) is 7.11 Å². The lowest BCUT2D eigenvalue weighted by Gasteiger charge is -2.30. The van der Waals surface area contributed by atoms with Gasteiger partial charge in [-0.25, -0.2) is 0 Å². The standard InChI is InChI=1S/C17H25NO5/c1-22-15-7-6-12(10-16(15)23-9-8-19)17(21)18-14-5-3-2-4-13(14)11-20/h6-7,10,13-14,19-20H,2-5,8-9,11H2,1H3,(H,18,21). The van der Waals surface area contributed by atoms with Gasteiger partial charge in [0.25, 0.3) is 5.91 Å². The van der Waals surface area contributed by atoms with Crippen molar-refractivity contribution in [1.29, 1.82) is 0 Å². The van der Waals surface area contributed by atoms with E-state index in [0.717, 1.165) is 25.7 Å². The van der Waals surface area contributed by atoms with E-state index in [1.54, 1.807) is 18.2 Å². The highest BCUT2D eigenvalue weighted by Crippen LogP contribution is 2.29. The molecule has 0 aromatic heterocycles. The van der Waals surface area contributed by atoms with Crippen LogP contribution in [0.4, 0.5) is 0 Å². The molecule has 0 bridgehead atoms. The highest BCUT2D eigenvalue weighted by Gasteiger charge is 2.26. The molecule has 23 heavy (non-hydrogen) atoms. The van der Waals surface area contributed by atoms with Crippen molar-refractivity contribution in [3.8, 4) is 11.5 Å². The molecular formula is C17H25NO5. The van der Waals surface area contributed by atoms with Gasteiger partial charge in [-0.3, -0.25) is 4.79 Å². The Hall–Kier alpha value is -1.79. The predicted molar refractivity (Wildman–Crippen MR) is 85.9 cm³/mol. The molecule has 0 heterocycles. The van der Waals surface area contributed by atoms with Gasteiger partial charge in [-0.05, 0) is 31.0 Å². The number of aliphatic hydroxyl groups is 2. The van der Waals surface area contributed by atoms with Gasteiger partial charge in [0.1, 0.15) is 6.61 Å². The number of methoxy groups -OCH3 is 1. The van der Waals surface area contributed by atoms with Crippen LogP contribution in [0, 0.1) is 5.92 Å². The molecule has 1 aliphatic rings. The van der Waals surface area contributed by atoms with Gasteiger partial charge in [0.15, 0.2) is 11.5 Å². The Kier molecular flexibility index (Phi) is 6.67. The number of carbonyl (C=O) groups is 1. The summed E-state index contributed by atoms with van der Waals surface area (Å²) in [6.07, 6.45) is 3.99. The molecule has 2 unspecified atom stereocenters. The van der Waals surface area contributed by atoms with Crippen molar-refractivity contribution in [3.63, 3.8) is 0 Å². The minimum atomic E-state index is -0.188. The zero-order valence-corrected chi connectivity index (χ0v) is 13.5. The highest BCUT2D eigenvalue weighted by atomic mass is 16.5. The van der Waals surface area contributed by atoms with Crippen molar-refractivity contribution >= 4 is 5.91 Å². The maximum atomic E-state index is 12.5. The number of hydrogen-bond donors (Lipinski definition) is 3. The first-order chi connectivity index (χ1) is 11.2. The van der Waals surface area contributed by atoms with Crippen molar-refractivity contribution in [1.82, 2.24) is 5.32 Å². The Morgan fingerprint density at radius 1 is 1.26 bits per heavy atom. The second kappa shape index (κ2) is 8.74. The average Bonchev–Trinajstić information content (AvgIpc) is 2.60. The molecule has 6 nitrogen and oxygen atoms in total. The summed E-state index contributed by atoms with van der Waals surface area (Å²) >= 11 is 0. The second-order valence-corrected chi connectivity index (χ2v) is 5.74. The van der Waals surface area contributed by atoms with Gasteiger partial charge in [0, 0.05) is 24.1 Å². The number of benzene rings is 1. The van der Waals surface area contributed by atoms with E-state index in [0.29, 0.717) is 17.1 Å². The number of hydrogen-bond acceptors (Lipinski definition) is 5. The van der Waals surface area contributed by atoms with Crippen molar-refractivity contribution in [2.24, 2.45) is 5.92 Å². The Labute approximate surface area is 136 Å². The maximum absolute atomic E-state index is 12.5. The molecule has 2 atom stereocenters. The molecule has 1 saturated carbocycles. The lowest BCUT2D eigenvalue weighted by atomic mass is 9.85. The summed E-state index contributed by atoms with van der Waals surface area (Å²) in [6.45, 7) is 0.120. The van der Waals surface area contributed by atoms with Gasteiger partial charge in [0.2, 0.25) is 0 Å². The van der Waals surface area contributed by atoms with Gasteiger partial charge >= 0.3 is 0 Å². The second-order valence-electron chi connectivity index (χ2n) is 5.74. The first-order valence-corrected chi connectivity index (χ1v) is 8.03. The molecular weight excluding hydrogens is 298 g/mol. The highest BCUT2D eigenvalue weighted by molar-refractivity contribution is 5.95. The fourth-order valence-corrected chi connectivity index (χ4v) is 2.95. The van der Waals surface area contributed by atoms with Gasteiger partial charge < -0.3 is 25.0 Å². The van der Waals surface area contributed by atoms with E-state index in [1.807, 2.05) is 0 Å². The third-order valence-corrected chi connectivity index (χ3v) is 4.23. The summed E-state index contributed by atoms with van der Waals surface area (Å²) in [7, 11) is 1.52. The number of nitrogens with one attached hydrogen (secondary N) is 1. The monoisotopic (exact) mass is 323 g/mol. The molecule has 6 heteroatoms. The molecule has 0 aliphatic heterocycles. The molecule has 2 rings (SSSR count). The summed E-state index contributed by atoms with van der Waals surface area (Å²) in [5.41, 5.74) is 0.473. The summed E-state index contributed by atoms with van der Waals surface area (Å²) in [4.78, 5) is 12.5. The van der Waals surface area contributed by atoms with Crippen molar-refractivity contribution in [2.45, 2.75) is 31.7 Å². The molecule has 0 radical (unpaired) electrons. The van der Waals surface area contributed by atoms with Crippen LogP contribution in [0.1, 0.15) is 36.0 Å². The summed E-state index contributed by atoms with van der Waals surface area (Å²) < 4.78 is 10.6. The van der Waals surface area contributed by atoms with Crippen LogP contribution in [0.15, 0.2) is 18.2 Å². The van der Waals surface area contributed by atoms with E-state index in [4.69, 9.17) is 14.6 Å². The fraction of sp³-hybridized carbons (Fsp3) is 0.588. The van der Waals surface area contributed by atoms with Crippen molar-refractivity contribution in [3.05, 3.63) is 23.8 Å². The first kappa shape index (κ1) is 17.6. The van der Waals surface area contributed by atoms with Gasteiger partial charge in [-0.1, -0.05) is 12.8 Å². The Balaban J connectivity index is 2.08. The van der Waals surface area contributed by atoms with Crippen LogP contribution in [0.5, 0.6) is 11.5 Å². The third-order valence-electron chi connectivity index (χ3n) is 4.23. The zero-order chi connectivity index (χ0) is 16.7. The van der Waals surface area contributed by atoms with Crippen molar-refractivity contribution < 1.29 is 24.5 Å². The number of carbonyl (C=O) groups excluding carboxylic acids is 1. The van der Waals surface area contributed by atoms with Crippen LogP contribution in [-0.2, 0) is 0 Å². The van der Waals surface area contributed by atoms with E-state index in [-0.39, 0.29) is 37.7 Å². The smallest absolute Gasteiger partial charge is 0.251 e. The number of aliphatic hydroxyl groups excluding tert-OH is 2. The third kappa shape index (κ3) is 4.59. The van der Waals surface area contributed by atoms with Crippen molar-refractivity contribution in [2.75, 3.05) is 26.9 Å². The minimum Gasteiger partial charge on any atom is -0.493 e.